The van der Waals surface area contributed by atoms with Gasteiger partial charge in [-0.25, -0.2) is 9.67 Å². The van der Waals surface area contributed by atoms with Crippen LogP contribution in [0.5, 0.6) is 5.75 Å². The molecule has 2 aromatic heterocycles. The molecule has 1 amide bonds. The molecule has 1 aliphatic rings. The lowest BCUT2D eigenvalue weighted by atomic mass is 10.1. The molecule has 4 aromatic rings. The van der Waals surface area contributed by atoms with Crippen LogP contribution in [0.15, 0.2) is 79.1 Å². The highest BCUT2D eigenvalue weighted by Gasteiger charge is 2.19. The van der Waals surface area contributed by atoms with Crippen LogP contribution in [0.4, 0.5) is 5.82 Å². The van der Waals surface area contributed by atoms with Gasteiger partial charge in [0, 0.05) is 37.6 Å². The quantitative estimate of drug-likeness (QED) is 0.444. The number of morpholine rings is 1. The van der Waals surface area contributed by atoms with E-state index in [0.29, 0.717) is 31.0 Å². The van der Waals surface area contributed by atoms with Gasteiger partial charge in [-0.05, 0) is 54.1 Å². The van der Waals surface area contributed by atoms with Crippen LogP contribution in [0.2, 0.25) is 0 Å². The van der Waals surface area contributed by atoms with Crippen molar-refractivity contribution in [2.24, 2.45) is 0 Å². The monoisotopic (exact) mass is 469 g/mol. The number of hydrogen-bond donors (Lipinski definition) is 1. The Kier molecular flexibility index (Phi) is 6.72. The lowest BCUT2D eigenvalue weighted by Crippen LogP contribution is -2.36. The summed E-state index contributed by atoms with van der Waals surface area (Å²) in [7, 11) is 1.63. The summed E-state index contributed by atoms with van der Waals surface area (Å²) in [5, 5.41) is 7.80. The first-order chi connectivity index (χ1) is 17.2. The fraction of sp³-hybridized carbons (Fsp3) is 0.222. The lowest BCUT2D eigenvalue weighted by Gasteiger charge is -2.28. The van der Waals surface area contributed by atoms with Gasteiger partial charge in [0.05, 0.1) is 31.6 Å². The van der Waals surface area contributed by atoms with E-state index in [1.165, 1.54) is 0 Å². The topological polar surface area (TPSA) is 81.5 Å². The van der Waals surface area contributed by atoms with Crippen LogP contribution < -0.4 is 15.0 Å². The first-order valence-electron chi connectivity index (χ1n) is 11.6. The third kappa shape index (κ3) is 5.17. The zero-order valence-electron chi connectivity index (χ0n) is 19.6. The van der Waals surface area contributed by atoms with Gasteiger partial charge < -0.3 is 19.7 Å². The zero-order valence-corrected chi connectivity index (χ0v) is 19.6. The van der Waals surface area contributed by atoms with Gasteiger partial charge >= 0.3 is 0 Å². The third-order valence-electron chi connectivity index (χ3n) is 5.94. The fourth-order valence-electron chi connectivity index (χ4n) is 4.03. The smallest absolute Gasteiger partial charge is 0.255 e. The summed E-state index contributed by atoms with van der Waals surface area (Å²) in [5.74, 6) is 1.45. The van der Waals surface area contributed by atoms with Crippen molar-refractivity contribution in [3.8, 4) is 22.7 Å². The molecule has 0 saturated carbocycles. The van der Waals surface area contributed by atoms with E-state index >= 15 is 0 Å². The normalized spacial score (nSPS) is 13.5. The van der Waals surface area contributed by atoms with Crippen molar-refractivity contribution in [2.75, 3.05) is 38.3 Å². The minimum absolute atomic E-state index is 0.192. The maximum atomic E-state index is 13.3. The molecule has 1 saturated heterocycles. The maximum absolute atomic E-state index is 13.3. The van der Waals surface area contributed by atoms with Gasteiger partial charge in [-0.2, -0.15) is 5.10 Å². The number of methoxy groups -OCH3 is 1. The van der Waals surface area contributed by atoms with E-state index < -0.39 is 0 Å². The summed E-state index contributed by atoms with van der Waals surface area (Å²) in [6, 6.07) is 21.2. The number of nitrogens with zero attached hydrogens (tertiary/aromatic N) is 4. The molecule has 5 rings (SSSR count). The molecule has 0 bridgehead atoms. The molecule has 0 atom stereocenters. The Morgan fingerprint density at radius 1 is 1.06 bits per heavy atom. The van der Waals surface area contributed by atoms with Crippen LogP contribution >= 0.6 is 0 Å². The Hall–Kier alpha value is -4.17. The van der Waals surface area contributed by atoms with Crippen LogP contribution in [-0.4, -0.2) is 54.1 Å². The molecule has 2 aromatic carbocycles. The third-order valence-corrected chi connectivity index (χ3v) is 5.94. The predicted molar refractivity (Wildman–Crippen MR) is 134 cm³/mol. The summed E-state index contributed by atoms with van der Waals surface area (Å²) >= 11 is 0. The van der Waals surface area contributed by atoms with Crippen molar-refractivity contribution in [2.45, 2.75) is 6.54 Å². The van der Waals surface area contributed by atoms with Crippen molar-refractivity contribution in [3.63, 3.8) is 0 Å². The summed E-state index contributed by atoms with van der Waals surface area (Å²) in [4.78, 5) is 20.0. The van der Waals surface area contributed by atoms with Crippen LogP contribution in [0.25, 0.3) is 16.9 Å². The Bertz CT molecular complexity index is 1280. The SMILES string of the molecule is COc1ccc(-c2nn(-c3ccccc3)cc2C(=O)NCc2ccnc(N3CCOCC3)c2)cc1. The molecular formula is C27H27N5O3. The number of anilines is 1. The highest BCUT2D eigenvalue weighted by atomic mass is 16.5. The van der Waals surface area contributed by atoms with Gasteiger partial charge in [-0.15, -0.1) is 0 Å². The van der Waals surface area contributed by atoms with E-state index in [0.717, 1.165) is 41.5 Å². The molecular weight excluding hydrogens is 442 g/mol. The fourth-order valence-corrected chi connectivity index (χ4v) is 4.03. The van der Waals surface area contributed by atoms with Gasteiger partial charge in [0.2, 0.25) is 0 Å². The van der Waals surface area contributed by atoms with E-state index in [1.54, 1.807) is 24.2 Å². The van der Waals surface area contributed by atoms with E-state index in [9.17, 15) is 4.79 Å². The standard InChI is InChI=1S/C27H27N5O3/c1-34-23-9-7-21(8-10-23)26-24(19-32(30-26)22-5-3-2-4-6-22)27(33)29-18-20-11-12-28-25(17-20)31-13-15-35-16-14-31/h2-12,17,19H,13-16,18H2,1H3,(H,29,33). The molecule has 3 heterocycles. The average molecular weight is 470 g/mol. The second-order valence-electron chi connectivity index (χ2n) is 8.20. The summed E-state index contributed by atoms with van der Waals surface area (Å²) in [5.41, 5.74) is 3.81. The van der Waals surface area contributed by atoms with Crippen LogP contribution in [-0.2, 0) is 11.3 Å². The highest BCUT2D eigenvalue weighted by molar-refractivity contribution is 6.00. The Morgan fingerprint density at radius 3 is 2.57 bits per heavy atom. The number of hydrogen-bond acceptors (Lipinski definition) is 6. The van der Waals surface area contributed by atoms with Crippen molar-refractivity contribution in [3.05, 3.63) is 90.3 Å². The molecule has 35 heavy (non-hydrogen) atoms. The number of nitrogens with one attached hydrogen (secondary N) is 1. The minimum atomic E-state index is -0.192. The summed E-state index contributed by atoms with van der Waals surface area (Å²) in [6.07, 6.45) is 3.55. The number of pyridine rings is 1. The molecule has 1 N–H and O–H groups in total. The first kappa shape index (κ1) is 22.6. The number of carbonyl (C=O) groups is 1. The summed E-state index contributed by atoms with van der Waals surface area (Å²) < 4.78 is 12.4. The van der Waals surface area contributed by atoms with Crippen LogP contribution in [0.3, 0.4) is 0 Å². The van der Waals surface area contributed by atoms with Crippen LogP contribution in [0, 0.1) is 0 Å². The van der Waals surface area contributed by atoms with Crippen molar-refractivity contribution >= 4 is 11.7 Å². The number of para-hydroxylation sites is 1. The van der Waals surface area contributed by atoms with Gasteiger partial charge in [0.25, 0.3) is 5.91 Å². The number of benzene rings is 2. The number of aromatic nitrogens is 3. The Balaban J connectivity index is 1.39. The molecule has 0 aliphatic carbocycles. The summed E-state index contributed by atoms with van der Waals surface area (Å²) in [6.45, 7) is 3.40. The first-order valence-corrected chi connectivity index (χ1v) is 11.6. The van der Waals surface area contributed by atoms with Crippen molar-refractivity contribution < 1.29 is 14.3 Å². The van der Waals surface area contributed by atoms with Gasteiger partial charge in [0.15, 0.2) is 0 Å². The Labute approximate surface area is 204 Å². The Morgan fingerprint density at radius 2 is 1.83 bits per heavy atom. The van der Waals surface area contributed by atoms with Crippen molar-refractivity contribution in [1.29, 1.82) is 0 Å². The number of amides is 1. The molecule has 8 heteroatoms. The van der Waals surface area contributed by atoms with E-state index in [2.05, 4.69) is 15.2 Å². The van der Waals surface area contributed by atoms with Gasteiger partial charge in [-0.3, -0.25) is 4.79 Å². The molecule has 178 valence electrons. The maximum Gasteiger partial charge on any atom is 0.255 e. The second-order valence-corrected chi connectivity index (χ2v) is 8.20. The van der Waals surface area contributed by atoms with Gasteiger partial charge in [-0.1, -0.05) is 18.2 Å². The molecule has 1 aliphatic heterocycles. The van der Waals surface area contributed by atoms with E-state index in [4.69, 9.17) is 14.6 Å². The number of ether oxygens (including phenoxy) is 2. The van der Waals surface area contributed by atoms with E-state index in [-0.39, 0.29) is 5.91 Å². The molecule has 1 fully saturated rings. The van der Waals surface area contributed by atoms with E-state index in [1.807, 2.05) is 66.7 Å². The lowest BCUT2D eigenvalue weighted by molar-refractivity contribution is 0.0951. The minimum Gasteiger partial charge on any atom is -0.497 e. The predicted octanol–water partition coefficient (Wildman–Crippen LogP) is 3.71. The molecule has 0 spiro atoms. The van der Waals surface area contributed by atoms with Crippen LogP contribution in [0.1, 0.15) is 15.9 Å². The second kappa shape index (κ2) is 10.4. The molecule has 0 radical (unpaired) electrons. The molecule has 0 unspecified atom stereocenters. The van der Waals surface area contributed by atoms with Gasteiger partial charge in [0.1, 0.15) is 17.3 Å². The highest BCUT2D eigenvalue weighted by Crippen LogP contribution is 2.26. The largest absolute Gasteiger partial charge is 0.497 e. The number of rotatable bonds is 7. The number of carbonyl (C=O) groups excluding carboxylic acids is 1. The average Bonchev–Trinajstić information content (AvgIpc) is 3.39. The zero-order chi connectivity index (χ0) is 24.0. The molecule has 8 nitrogen and oxygen atoms in total. The van der Waals surface area contributed by atoms with Crippen molar-refractivity contribution in [1.82, 2.24) is 20.1 Å².